The molecule has 4 nitrogen and oxygen atoms in total. The molecule has 0 saturated heterocycles. The van der Waals surface area contributed by atoms with Crippen molar-refractivity contribution in [3.63, 3.8) is 0 Å². The van der Waals surface area contributed by atoms with Crippen LogP contribution in [0.4, 0.5) is 5.95 Å². The molecule has 0 radical (unpaired) electrons. The summed E-state index contributed by atoms with van der Waals surface area (Å²) in [6.07, 6.45) is 2.55. The number of rotatable bonds is 3. The van der Waals surface area contributed by atoms with Gasteiger partial charge in [0.2, 0.25) is 5.95 Å². The van der Waals surface area contributed by atoms with E-state index in [1.165, 1.54) is 4.88 Å². The van der Waals surface area contributed by atoms with Gasteiger partial charge in [-0.25, -0.2) is 9.97 Å². The zero-order chi connectivity index (χ0) is 12.5. The summed E-state index contributed by atoms with van der Waals surface area (Å²) in [4.78, 5) is 9.89. The molecule has 3 aromatic heterocycles. The number of nitrogens with zero attached hydrogens (tertiary/aromatic N) is 3. The van der Waals surface area contributed by atoms with Crippen molar-refractivity contribution in [1.82, 2.24) is 14.5 Å². The second kappa shape index (κ2) is 4.59. The molecule has 6 heteroatoms. The summed E-state index contributed by atoms with van der Waals surface area (Å²) in [7, 11) is 0. The number of imidazole rings is 1. The molecule has 92 valence electrons. The molecule has 0 bridgehead atoms. The molecule has 0 aliphatic heterocycles. The molecule has 2 N–H and O–H groups in total. The Morgan fingerprint density at radius 3 is 3.11 bits per heavy atom. The molecule has 0 amide bonds. The first kappa shape index (κ1) is 11.5. The summed E-state index contributed by atoms with van der Waals surface area (Å²) < 4.78 is 1.92. The van der Waals surface area contributed by atoms with E-state index >= 15 is 0 Å². The van der Waals surface area contributed by atoms with Crippen LogP contribution in [0.5, 0.6) is 0 Å². The third kappa shape index (κ3) is 2.07. The first-order chi connectivity index (χ1) is 8.74. The number of nitrogens with two attached hydrogens (primary N) is 1. The lowest BCUT2D eigenvalue weighted by Crippen LogP contribution is -2.05. The molecule has 0 aliphatic carbocycles. The number of pyridine rings is 1. The Balaban J connectivity index is 1.93. The number of aryl methyl sites for hydroxylation is 2. The molecule has 0 fully saturated rings. The van der Waals surface area contributed by atoms with Gasteiger partial charge in [0.05, 0.1) is 5.02 Å². The average molecular weight is 279 g/mol. The summed E-state index contributed by atoms with van der Waals surface area (Å²) >= 11 is 7.63. The molecule has 3 heterocycles. The van der Waals surface area contributed by atoms with Crippen molar-refractivity contribution in [2.24, 2.45) is 0 Å². The Morgan fingerprint density at radius 1 is 1.44 bits per heavy atom. The van der Waals surface area contributed by atoms with Gasteiger partial charge in [-0.2, -0.15) is 0 Å². The lowest BCUT2D eigenvalue weighted by Gasteiger charge is -2.04. The van der Waals surface area contributed by atoms with Gasteiger partial charge >= 0.3 is 0 Å². The highest BCUT2D eigenvalue weighted by Gasteiger charge is 2.09. The Morgan fingerprint density at radius 2 is 2.33 bits per heavy atom. The maximum atomic E-state index is 5.92. The highest BCUT2D eigenvalue weighted by molar-refractivity contribution is 7.09. The van der Waals surface area contributed by atoms with E-state index in [1.54, 1.807) is 23.6 Å². The maximum Gasteiger partial charge on any atom is 0.202 e. The van der Waals surface area contributed by atoms with E-state index in [9.17, 15) is 0 Å². The number of aromatic nitrogens is 3. The van der Waals surface area contributed by atoms with E-state index in [0.29, 0.717) is 11.0 Å². The van der Waals surface area contributed by atoms with Gasteiger partial charge in [-0.1, -0.05) is 17.7 Å². The molecule has 0 spiro atoms. The van der Waals surface area contributed by atoms with Crippen LogP contribution >= 0.6 is 22.9 Å². The molecular formula is C12H11ClN4S. The van der Waals surface area contributed by atoms with Crippen LogP contribution in [0.15, 0.2) is 29.8 Å². The van der Waals surface area contributed by atoms with Gasteiger partial charge in [0.25, 0.3) is 0 Å². The zero-order valence-corrected chi connectivity index (χ0v) is 11.1. The van der Waals surface area contributed by atoms with Crippen LogP contribution in [-0.4, -0.2) is 14.5 Å². The van der Waals surface area contributed by atoms with Crippen LogP contribution in [0, 0.1) is 0 Å². The van der Waals surface area contributed by atoms with Crippen molar-refractivity contribution < 1.29 is 0 Å². The van der Waals surface area contributed by atoms with Gasteiger partial charge in [0.15, 0.2) is 5.65 Å². The van der Waals surface area contributed by atoms with E-state index in [-0.39, 0.29) is 0 Å². The molecule has 0 unspecified atom stereocenters. The predicted octanol–water partition coefficient (Wildman–Crippen LogP) is 2.97. The standard InChI is InChI=1S/C12H11ClN4S/c13-8-6-10-11(15-7-8)17(12(14)16-10)4-3-9-2-1-5-18-9/h1-2,5-7H,3-4H2,(H2,14,16). The molecule has 0 aliphatic rings. The summed E-state index contributed by atoms with van der Waals surface area (Å²) in [6.45, 7) is 0.775. The van der Waals surface area contributed by atoms with Gasteiger partial charge < -0.3 is 5.73 Å². The first-order valence-electron chi connectivity index (χ1n) is 5.53. The smallest absolute Gasteiger partial charge is 0.202 e. The van der Waals surface area contributed by atoms with Crippen molar-refractivity contribution in [2.75, 3.05) is 5.73 Å². The third-order valence-corrected chi connectivity index (χ3v) is 3.89. The predicted molar refractivity (Wildman–Crippen MR) is 75.0 cm³/mol. The quantitative estimate of drug-likeness (QED) is 0.801. The van der Waals surface area contributed by atoms with E-state index in [2.05, 4.69) is 21.4 Å². The Hall–Kier alpha value is -1.59. The molecular weight excluding hydrogens is 268 g/mol. The van der Waals surface area contributed by atoms with Crippen molar-refractivity contribution in [3.8, 4) is 0 Å². The number of halogens is 1. The van der Waals surface area contributed by atoms with Crippen LogP contribution in [0.25, 0.3) is 11.2 Å². The number of hydrogen-bond donors (Lipinski definition) is 1. The minimum Gasteiger partial charge on any atom is -0.369 e. The Bertz CT molecular complexity index is 675. The Kier molecular flexibility index (Phi) is 2.93. The van der Waals surface area contributed by atoms with Gasteiger partial charge in [0.1, 0.15) is 5.52 Å². The normalized spacial score (nSPS) is 11.2. The van der Waals surface area contributed by atoms with Crippen LogP contribution in [-0.2, 0) is 13.0 Å². The van der Waals surface area contributed by atoms with Crippen molar-refractivity contribution in [2.45, 2.75) is 13.0 Å². The van der Waals surface area contributed by atoms with Gasteiger partial charge in [0, 0.05) is 17.6 Å². The number of thiophene rings is 1. The van der Waals surface area contributed by atoms with E-state index in [4.69, 9.17) is 17.3 Å². The van der Waals surface area contributed by atoms with Crippen LogP contribution in [0.3, 0.4) is 0 Å². The second-order valence-corrected chi connectivity index (χ2v) is 5.42. The molecule has 0 aromatic carbocycles. The van der Waals surface area contributed by atoms with Crippen molar-refractivity contribution >= 4 is 40.0 Å². The summed E-state index contributed by atoms with van der Waals surface area (Å²) in [5.41, 5.74) is 7.44. The van der Waals surface area contributed by atoms with Crippen LogP contribution < -0.4 is 5.73 Å². The minimum absolute atomic E-state index is 0.483. The highest BCUT2D eigenvalue weighted by Crippen LogP contribution is 2.20. The Labute approximate surface area is 113 Å². The lowest BCUT2D eigenvalue weighted by atomic mass is 10.3. The maximum absolute atomic E-state index is 5.92. The number of anilines is 1. The molecule has 18 heavy (non-hydrogen) atoms. The topological polar surface area (TPSA) is 56.7 Å². The zero-order valence-electron chi connectivity index (χ0n) is 9.51. The van der Waals surface area contributed by atoms with Crippen molar-refractivity contribution in [1.29, 1.82) is 0 Å². The summed E-state index contributed by atoms with van der Waals surface area (Å²) in [5, 5.41) is 2.65. The van der Waals surface area contributed by atoms with Crippen LogP contribution in [0.1, 0.15) is 4.88 Å². The van der Waals surface area contributed by atoms with Crippen LogP contribution in [0.2, 0.25) is 5.02 Å². The fraction of sp³-hybridized carbons (Fsp3) is 0.167. The van der Waals surface area contributed by atoms with Gasteiger partial charge in [-0.15, -0.1) is 11.3 Å². The number of hydrogen-bond acceptors (Lipinski definition) is 4. The molecule has 3 rings (SSSR count). The van der Waals surface area contributed by atoms with E-state index in [1.807, 2.05) is 10.6 Å². The molecule has 0 saturated carbocycles. The fourth-order valence-electron chi connectivity index (χ4n) is 1.90. The minimum atomic E-state index is 0.483. The van der Waals surface area contributed by atoms with E-state index < -0.39 is 0 Å². The van der Waals surface area contributed by atoms with Gasteiger partial charge in [-0.05, 0) is 23.9 Å². The molecule has 0 atom stereocenters. The van der Waals surface area contributed by atoms with Gasteiger partial charge in [-0.3, -0.25) is 4.57 Å². The summed E-state index contributed by atoms with van der Waals surface area (Å²) in [6, 6.07) is 5.94. The number of nitrogen functional groups attached to an aromatic ring is 1. The second-order valence-electron chi connectivity index (χ2n) is 3.95. The highest BCUT2D eigenvalue weighted by atomic mass is 35.5. The summed E-state index contributed by atoms with van der Waals surface area (Å²) in [5.74, 6) is 0.483. The largest absolute Gasteiger partial charge is 0.369 e. The SMILES string of the molecule is Nc1nc2cc(Cl)cnc2n1CCc1cccs1. The molecule has 3 aromatic rings. The fourth-order valence-corrected chi connectivity index (χ4v) is 2.75. The number of fused-ring (bicyclic) bond motifs is 1. The lowest BCUT2D eigenvalue weighted by molar-refractivity contribution is 0.726. The van der Waals surface area contributed by atoms with E-state index in [0.717, 1.165) is 24.1 Å². The third-order valence-electron chi connectivity index (χ3n) is 2.74. The van der Waals surface area contributed by atoms with Crippen molar-refractivity contribution in [3.05, 3.63) is 39.7 Å². The monoisotopic (exact) mass is 278 g/mol. The first-order valence-corrected chi connectivity index (χ1v) is 6.79. The average Bonchev–Trinajstić information content (AvgIpc) is 2.93.